The van der Waals surface area contributed by atoms with Crippen molar-refractivity contribution in [2.45, 2.75) is 31.6 Å². The first-order valence-corrected chi connectivity index (χ1v) is 7.34. The van der Waals surface area contributed by atoms with Crippen LogP contribution in [0.4, 0.5) is 5.69 Å². The molecule has 2 N–H and O–H groups in total. The van der Waals surface area contributed by atoms with E-state index in [1.807, 2.05) is 19.9 Å². The minimum absolute atomic E-state index is 0.234. The molecule has 5 heteroatoms. The molecule has 0 aliphatic carbocycles. The van der Waals surface area contributed by atoms with Gasteiger partial charge in [0.05, 0.1) is 4.90 Å². The number of nitrogens with two attached hydrogens (primary N) is 1. The second-order valence-electron chi connectivity index (χ2n) is 4.57. The van der Waals surface area contributed by atoms with Gasteiger partial charge in [-0.25, -0.2) is 13.6 Å². The predicted octanol–water partition coefficient (Wildman–Crippen LogP) is 1.55. The van der Waals surface area contributed by atoms with E-state index in [4.69, 9.17) is 5.14 Å². The molecule has 0 atom stereocenters. The zero-order valence-corrected chi connectivity index (χ0v) is 11.0. The van der Waals surface area contributed by atoms with Crippen molar-refractivity contribution in [1.29, 1.82) is 0 Å². The summed E-state index contributed by atoms with van der Waals surface area (Å²) in [7, 11) is -3.61. The van der Waals surface area contributed by atoms with E-state index in [1.165, 1.54) is 12.8 Å². The molecular formula is C12H18N2O2S. The Hall–Kier alpha value is -1.07. The highest BCUT2D eigenvalue weighted by molar-refractivity contribution is 7.89. The monoisotopic (exact) mass is 254 g/mol. The molecule has 0 saturated carbocycles. The molecule has 1 aliphatic heterocycles. The van der Waals surface area contributed by atoms with Gasteiger partial charge in [-0.3, -0.25) is 0 Å². The number of rotatable bonds is 2. The first kappa shape index (κ1) is 12.4. The maximum absolute atomic E-state index is 11.4. The molecule has 0 amide bonds. The van der Waals surface area contributed by atoms with Gasteiger partial charge < -0.3 is 4.90 Å². The molecule has 1 saturated heterocycles. The number of nitrogens with zero attached hydrogens (tertiary/aromatic N) is 1. The summed E-state index contributed by atoms with van der Waals surface area (Å²) in [6.07, 6.45) is 2.41. The van der Waals surface area contributed by atoms with Gasteiger partial charge in [0.2, 0.25) is 10.0 Å². The molecule has 0 unspecified atom stereocenters. The summed E-state index contributed by atoms with van der Waals surface area (Å²) < 4.78 is 22.8. The third kappa shape index (κ3) is 2.30. The fourth-order valence-electron chi connectivity index (χ4n) is 2.39. The first-order valence-electron chi connectivity index (χ1n) is 5.79. The third-order valence-electron chi connectivity index (χ3n) is 3.46. The molecule has 17 heavy (non-hydrogen) atoms. The molecule has 1 fully saturated rings. The Morgan fingerprint density at radius 1 is 1.12 bits per heavy atom. The summed E-state index contributed by atoms with van der Waals surface area (Å²) in [5, 5.41) is 5.19. The van der Waals surface area contributed by atoms with E-state index in [2.05, 4.69) is 4.90 Å². The molecule has 0 spiro atoms. The van der Waals surface area contributed by atoms with Crippen LogP contribution >= 0.6 is 0 Å². The topological polar surface area (TPSA) is 63.4 Å². The van der Waals surface area contributed by atoms with Crippen molar-refractivity contribution in [3.63, 3.8) is 0 Å². The Kier molecular flexibility index (Phi) is 3.14. The largest absolute Gasteiger partial charge is 0.371 e. The molecule has 1 aromatic rings. The Labute approximate surface area is 102 Å². The van der Waals surface area contributed by atoms with Gasteiger partial charge in [-0.1, -0.05) is 0 Å². The van der Waals surface area contributed by atoms with Crippen LogP contribution in [0.5, 0.6) is 0 Å². The normalized spacial score (nSPS) is 16.5. The smallest absolute Gasteiger partial charge is 0.238 e. The molecule has 2 rings (SSSR count). The first-order chi connectivity index (χ1) is 7.91. The quantitative estimate of drug-likeness (QED) is 0.871. The van der Waals surface area contributed by atoms with E-state index >= 15 is 0 Å². The number of primary sulfonamides is 1. The molecular weight excluding hydrogens is 236 g/mol. The number of anilines is 1. The van der Waals surface area contributed by atoms with Gasteiger partial charge in [0, 0.05) is 18.8 Å². The maximum Gasteiger partial charge on any atom is 0.238 e. The SMILES string of the molecule is Cc1c(N2CCCC2)ccc(S(N)(=O)=O)c1C. The molecule has 1 aliphatic rings. The van der Waals surface area contributed by atoms with Crippen LogP contribution in [0.3, 0.4) is 0 Å². The van der Waals surface area contributed by atoms with Crippen molar-refractivity contribution in [2.24, 2.45) is 5.14 Å². The molecule has 0 bridgehead atoms. The van der Waals surface area contributed by atoms with E-state index < -0.39 is 10.0 Å². The van der Waals surface area contributed by atoms with E-state index in [0.717, 1.165) is 29.9 Å². The molecule has 1 aromatic carbocycles. The average molecular weight is 254 g/mol. The van der Waals surface area contributed by atoms with Gasteiger partial charge in [0.25, 0.3) is 0 Å². The second kappa shape index (κ2) is 4.31. The minimum atomic E-state index is -3.61. The van der Waals surface area contributed by atoms with Crippen LogP contribution in [0.2, 0.25) is 0 Å². The summed E-state index contributed by atoms with van der Waals surface area (Å²) in [5.41, 5.74) is 2.91. The average Bonchev–Trinajstić information content (AvgIpc) is 2.73. The van der Waals surface area contributed by atoms with Crippen LogP contribution in [-0.2, 0) is 10.0 Å². The number of benzene rings is 1. The van der Waals surface area contributed by atoms with Gasteiger partial charge in [0.1, 0.15) is 0 Å². The summed E-state index contributed by atoms with van der Waals surface area (Å²) in [4.78, 5) is 2.54. The van der Waals surface area contributed by atoms with Crippen LogP contribution in [0, 0.1) is 13.8 Å². The zero-order chi connectivity index (χ0) is 12.6. The Balaban J connectivity index is 2.49. The van der Waals surface area contributed by atoms with Crippen LogP contribution in [0.25, 0.3) is 0 Å². The van der Waals surface area contributed by atoms with Crippen LogP contribution in [0.1, 0.15) is 24.0 Å². The van der Waals surface area contributed by atoms with Crippen molar-refractivity contribution in [3.8, 4) is 0 Å². The fraction of sp³-hybridized carbons (Fsp3) is 0.500. The molecule has 0 radical (unpaired) electrons. The molecule has 0 aromatic heterocycles. The second-order valence-corrected chi connectivity index (χ2v) is 6.10. The molecule has 4 nitrogen and oxygen atoms in total. The highest BCUT2D eigenvalue weighted by Crippen LogP contribution is 2.29. The van der Waals surface area contributed by atoms with E-state index in [-0.39, 0.29) is 4.90 Å². The fourth-order valence-corrected chi connectivity index (χ4v) is 3.23. The van der Waals surface area contributed by atoms with Crippen molar-refractivity contribution in [1.82, 2.24) is 0 Å². The van der Waals surface area contributed by atoms with Crippen molar-refractivity contribution in [2.75, 3.05) is 18.0 Å². The van der Waals surface area contributed by atoms with Crippen LogP contribution in [-0.4, -0.2) is 21.5 Å². The summed E-state index contributed by atoms with van der Waals surface area (Å²) in [6, 6.07) is 3.48. The number of hydrogen-bond donors (Lipinski definition) is 1. The summed E-state index contributed by atoms with van der Waals surface area (Å²) >= 11 is 0. The summed E-state index contributed by atoms with van der Waals surface area (Å²) in [6.45, 7) is 5.87. The van der Waals surface area contributed by atoms with Crippen LogP contribution < -0.4 is 10.0 Å². The zero-order valence-electron chi connectivity index (χ0n) is 10.2. The Morgan fingerprint density at radius 2 is 1.71 bits per heavy atom. The Morgan fingerprint density at radius 3 is 2.24 bits per heavy atom. The van der Waals surface area contributed by atoms with E-state index in [9.17, 15) is 8.42 Å². The van der Waals surface area contributed by atoms with E-state index in [1.54, 1.807) is 6.07 Å². The lowest BCUT2D eigenvalue weighted by molar-refractivity contribution is 0.597. The van der Waals surface area contributed by atoms with Gasteiger partial charge in [-0.05, 0) is 49.9 Å². The number of sulfonamides is 1. The van der Waals surface area contributed by atoms with Gasteiger partial charge >= 0.3 is 0 Å². The van der Waals surface area contributed by atoms with Crippen LogP contribution in [0.15, 0.2) is 17.0 Å². The van der Waals surface area contributed by atoms with Gasteiger partial charge in [-0.15, -0.1) is 0 Å². The predicted molar refractivity (Wildman–Crippen MR) is 68.7 cm³/mol. The molecule has 94 valence electrons. The lowest BCUT2D eigenvalue weighted by atomic mass is 10.1. The highest BCUT2D eigenvalue weighted by Gasteiger charge is 2.19. The standard InChI is InChI=1S/C12H18N2O2S/c1-9-10(2)12(17(13,15)16)6-5-11(9)14-7-3-4-8-14/h5-6H,3-4,7-8H2,1-2H3,(H2,13,15,16). The minimum Gasteiger partial charge on any atom is -0.371 e. The number of hydrogen-bond acceptors (Lipinski definition) is 3. The van der Waals surface area contributed by atoms with Crippen molar-refractivity contribution in [3.05, 3.63) is 23.3 Å². The van der Waals surface area contributed by atoms with E-state index in [0.29, 0.717) is 0 Å². The maximum atomic E-state index is 11.4. The van der Waals surface area contributed by atoms with Crippen molar-refractivity contribution < 1.29 is 8.42 Å². The third-order valence-corrected chi connectivity index (χ3v) is 4.52. The van der Waals surface area contributed by atoms with Crippen molar-refractivity contribution >= 4 is 15.7 Å². The lowest BCUT2D eigenvalue weighted by Gasteiger charge is -2.22. The van der Waals surface area contributed by atoms with Gasteiger partial charge in [-0.2, -0.15) is 0 Å². The summed E-state index contributed by atoms with van der Waals surface area (Å²) in [5.74, 6) is 0. The van der Waals surface area contributed by atoms with Gasteiger partial charge in [0.15, 0.2) is 0 Å². The molecule has 1 heterocycles. The lowest BCUT2D eigenvalue weighted by Crippen LogP contribution is -2.20. The Bertz CT molecular complexity index is 532. The highest BCUT2D eigenvalue weighted by atomic mass is 32.2.